The fourth-order valence-corrected chi connectivity index (χ4v) is 2.24. The van der Waals surface area contributed by atoms with Crippen LogP contribution >= 0.6 is 0 Å². The Labute approximate surface area is 159 Å². The van der Waals surface area contributed by atoms with Gasteiger partial charge in [-0.25, -0.2) is 4.79 Å². The van der Waals surface area contributed by atoms with Crippen molar-refractivity contribution in [3.05, 3.63) is 54.1 Å². The van der Waals surface area contributed by atoms with Crippen molar-refractivity contribution in [1.29, 1.82) is 0 Å². The second kappa shape index (κ2) is 10.9. The summed E-state index contributed by atoms with van der Waals surface area (Å²) in [5.74, 6) is 0.906. The first-order valence-corrected chi connectivity index (χ1v) is 8.96. The summed E-state index contributed by atoms with van der Waals surface area (Å²) < 4.78 is 15.8. The van der Waals surface area contributed by atoms with Crippen LogP contribution in [0.4, 0.5) is 5.69 Å². The van der Waals surface area contributed by atoms with E-state index in [0.29, 0.717) is 23.6 Å². The molecule has 0 heterocycles. The summed E-state index contributed by atoms with van der Waals surface area (Å²) in [5, 5.41) is 2.77. The van der Waals surface area contributed by atoms with Gasteiger partial charge in [-0.1, -0.05) is 13.3 Å². The van der Waals surface area contributed by atoms with Gasteiger partial charge in [0.2, 0.25) is 5.91 Å². The van der Waals surface area contributed by atoms with Crippen LogP contribution in [0, 0.1) is 0 Å². The Hall–Kier alpha value is -3.02. The van der Waals surface area contributed by atoms with E-state index in [1.54, 1.807) is 55.6 Å². The molecule has 0 spiro atoms. The first kappa shape index (κ1) is 20.3. The molecule has 0 saturated carbocycles. The van der Waals surface area contributed by atoms with Crippen molar-refractivity contribution in [2.45, 2.75) is 26.2 Å². The van der Waals surface area contributed by atoms with Crippen LogP contribution in [0.1, 0.15) is 36.5 Å². The summed E-state index contributed by atoms with van der Waals surface area (Å²) in [7, 11) is 1.60. The molecule has 0 aliphatic rings. The van der Waals surface area contributed by atoms with Crippen molar-refractivity contribution in [1.82, 2.24) is 0 Å². The summed E-state index contributed by atoms with van der Waals surface area (Å²) in [6, 6.07) is 13.8. The minimum atomic E-state index is -0.353. The molecule has 6 nitrogen and oxygen atoms in total. The van der Waals surface area contributed by atoms with E-state index in [1.165, 1.54) is 0 Å². The molecule has 0 aromatic heterocycles. The van der Waals surface area contributed by atoms with Gasteiger partial charge in [-0.2, -0.15) is 0 Å². The Kier molecular flexibility index (Phi) is 8.16. The highest BCUT2D eigenvalue weighted by Gasteiger charge is 2.08. The third kappa shape index (κ3) is 7.01. The van der Waals surface area contributed by atoms with Crippen molar-refractivity contribution >= 4 is 17.6 Å². The van der Waals surface area contributed by atoms with Crippen molar-refractivity contribution in [3.63, 3.8) is 0 Å². The number of benzene rings is 2. The molecule has 2 aromatic rings. The zero-order chi connectivity index (χ0) is 19.5. The normalized spacial score (nSPS) is 10.1. The van der Waals surface area contributed by atoms with Gasteiger partial charge >= 0.3 is 5.97 Å². The smallest absolute Gasteiger partial charge is 0.338 e. The van der Waals surface area contributed by atoms with E-state index < -0.39 is 0 Å². The number of rotatable bonds is 10. The zero-order valence-corrected chi connectivity index (χ0v) is 15.7. The molecular formula is C21H25NO5. The predicted molar refractivity (Wildman–Crippen MR) is 103 cm³/mol. The number of esters is 1. The van der Waals surface area contributed by atoms with Gasteiger partial charge in [0, 0.05) is 5.69 Å². The molecule has 1 N–H and O–H groups in total. The number of anilines is 1. The average Bonchev–Trinajstić information content (AvgIpc) is 2.69. The van der Waals surface area contributed by atoms with Gasteiger partial charge in [-0.3, -0.25) is 4.79 Å². The number of methoxy groups -OCH3 is 1. The first-order valence-electron chi connectivity index (χ1n) is 8.96. The lowest BCUT2D eigenvalue weighted by molar-refractivity contribution is -0.116. The number of nitrogens with one attached hydrogen (secondary N) is 1. The molecule has 27 heavy (non-hydrogen) atoms. The third-order valence-corrected chi connectivity index (χ3v) is 3.79. The summed E-state index contributed by atoms with van der Waals surface area (Å²) in [5.41, 5.74) is 1.08. The lowest BCUT2D eigenvalue weighted by Crippen LogP contribution is -2.15. The molecular weight excluding hydrogens is 346 g/mol. The fraction of sp³-hybridized carbons (Fsp3) is 0.333. The predicted octanol–water partition coefficient (Wildman–Crippen LogP) is 4.06. The Morgan fingerprint density at radius 2 is 1.59 bits per heavy atom. The maximum atomic E-state index is 12.0. The van der Waals surface area contributed by atoms with Gasteiger partial charge < -0.3 is 19.5 Å². The van der Waals surface area contributed by atoms with E-state index in [-0.39, 0.29) is 24.9 Å². The average molecular weight is 371 g/mol. The first-order chi connectivity index (χ1) is 13.1. The molecule has 0 aliphatic heterocycles. The Balaban J connectivity index is 1.73. The number of ether oxygens (including phenoxy) is 3. The van der Waals surface area contributed by atoms with Gasteiger partial charge in [0.15, 0.2) is 0 Å². The Bertz CT molecular complexity index is 725. The fourth-order valence-electron chi connectivity index (χ4n) is 2.24. The molecule has 0 bridgehead atoms. The standard InChI is InChI=1S/C21H25NO5/c1-3-4-14-27-21(24)16-5-7-17(8-6-16)22-20(23)13-15-26-19-11-9-18(25-2)10-12-19/h5-12H,3-4,13-15H2,1-2H3,(H,22,23). The summed E-state index contributed by atoms with van der Waals surface area (Å²) in [4.78, 5) is 23.8. The lowest BCUT2D eigenvalue weighted by atomic mass is 10.2. The number of carbonyl (C=O) groups is 2. The summed E-state index contributed by atoms with van der Waals surface area (Å²) in [6.45, 7) is 2.72. The van der Waals surface area contributed by atoms with E-state index >= 15 is 0 Å². The summed E-state index contributed by atoms with van der Waals surface area (Å²) >= 11 is 0. The van der Waals surface area contributed by atoms with Gasteiger partial charge in [0.1, 0.15) is 11.5 Å². The molecule has 0 radical (unpaired) electrons. The van der Waals surface area contributed by atoms with Crippen LogP contribution in [0.3, 0.4) is 0 Å². The van der Waals surface area contributed by atoms with Crippen molar-refractivity contribution in [2.75, 3.05) is 25.6 Å². The molecule has 0 saturated heterocycles. The van der Waals surface area contributed by atoms with Crippen LogP contribution in [-0.2, 0) is 9.53 Å². The number of carbonyl (C=O) groups excluding carboxylic acids is 2. The molecule has 144 valence electrons. The van der Waals surface area contributed by atoms with Crippen molar-refractivity contribution in [2.24, 2.45) is 0 Å². The Morgan fingerprint density at radius 1 is 0.926 bits per heavy atom. The highest BCUT2D eigenvalue weighted by atomic mass is 16.5. The van der Waals surface area contributed by atoms with E-state index in [2.05, 4.69) is 5.32 Å². The van der Waals surface area contributed by atoms with E-state index in [4.69, 9.17) is 14.2 Å². The monoisotopic (exact) mass is 371 g/mol. The molecule has 1 amide bonds. The highest BCUT2D eigenvalue weighted by molar-refractivity contribution is 5.93. The van der Waals surface area contributed by atoms with Gasteiger partial charge in [0.25, 0.3) is 0 Å². The lowest BCUT2D eigenvalue weighted by Gasteiger charge is -2.09. The van der Waals surface area contributed by atoms with Crippen molar-refractivity contribution in [3.8, 4) is 11.5 Å². The second-order valence-corrected chi connectivity index (χ2v) is 5.89. The highest BCUT2D eigenvalue weighted by Crippen LogP contribution is 2.17. The van der Waals surface area contributed by atoms with Crippen molar-refractivity contribution < 1.29 is 23.8 Å². The number of hydrogen-bond acceptors (Lipinski definition) is 5. The van der Waals surface area contributed by atoms with Crippen LogP contribution < -0.4 is 14.8 Å². The number of unbranched alkanes of at least 4 members (excludes halogenated alkanes) is 1. The SMILES string of the molecule is CCCCOC(=O)c1ccc(NC(=O)CCOc2ccc(OC)cc2)cc1. The van der Waals surface area contributed by atoms with Gasteiger partial charge in [0.05, 0.1) is 32.3 Å². The quantitative estimate of drug-likeness (QED) is 0.504. The third-order valence-electron chi connectivity index (χ3n) is 3.79. The number of amides is 1. The molecule has 2 aromatic carbocycles. The van der Waals surface area contributed by atoms with E-state index in [1.807, 2.05) is 6.92 Å². The molecule has 0 unspecified atom stereocenters. The topological polar surface area (TPSA) is 73.9 Å². The van der Waals surface area contributed by atoms with Crippen LogP contribution in [0.25, 0.3) is 0 Å². The van der Waals surface area contributed by atoms with Crippen LogP contribution in [-0.4, -0.2) is 32.2 Å². The molecule has 0 aliphatic carbocycles. The summed E-state index contributed by atoms with van der Waals surface area (Å²) in [6.07, 6.45) is 2.03. The van der Waals surface area contributed by atoms with Crippen LogP contribution in [0.15, 0.2) is 48.5 Å². The second-order valence-electron chi connectivity index (χ2n) is 5.89. The van der Waals surface area contributed by atoms with Gasteiger partial charge in [-0.05, 0) is 55.0 Å². The van der Waals surface area contributed by atoms with Crippen LogP contribution in [0.2, 0.25) is 0 Å². The zero-order valence-electron chi connectivity index (χ0n) is 15.7. The maximum absolute atomic E-state index is 12.0. The van der Waals surface area contributed by atoms with Gasteiger partial charge in [-0.15, -0.1) is 0 Å². The molecule has 0 fully saturated rings. The molecule has 0 atom stereocenters. The minimum Gasteiger partial charge on any atom is -0.497 e. The Morgan fingerprint density at radius 3 is 2.22 bits per heavy atom. The molecule has 6 heteroatoms. The maximum Gasteiger partial charge on any atom is 0.338 e. The minimum absolute atomic E-state index is 0.165. The molecule has 2 rings (SSSR count). The van der Waals surface area contributed by atoms with E-state index in [9.17, 15) is 9.59 Å². The van der Waals surface area contributed by atoms with E-state index in [0.717, 1.165) is 18.6 Å². The van der Waals surface area contributed by atoms with Crippen LogP contribution in [0.5, 0.6) is 11.5 Å². The largest absolute Gasteiger partial charge is 0.497 e. The number of hydrogen-bond donors (Lipinski definition) is 1.